The standard InChI is InChI=1S/C14H23ClN2O4/c1-10(2)17-9-14(21-11(3-6-15)12(17)18)4-7-16(8-5-14)13(19)20/h10-11H,3-9H2,1-2H3,(H,19,20). The Morgan fingerprint density at radius 3 is 2.57 bits per heavy atom. The van der Waals surface area contributed by atoms with Crippen LogP contribution in [0, 0.1) is 0 Å². The van der Waals surface area contributed by atoms with Gasteiger partial charge in [0.25, 0.3) is 5.91 Å². The summed E-state index contributed by atoms with van der Waals surface area (Å²) in [7, 11) is 0. The number of ether oxygens (including phenoxy) is 1. The monoisotopic (exact) mass is 318 g/mol. The molecular weight excluding hydrogens is 296 g/mol. The summed E-state index contributed by atoms with van der Waals surface area (Å²) in [6.07, 6.45) is 0.335. The smallest absolute Gasteiger partial charge is 0.407 e. The molecule has 6 nitrogen and oxygen atoms in total. The van der Waals surface area contributed by atoms with Gasteiger partial charge in [0.1, 0.15) is 6.10 Å². The van der Waals surface area contributed by atoms with E-state index < -0.39 is 17.8 Å². The van der Waals surface area contributed by atoms with E-state index in [0.717, 1.165) is 0 Å². The third-order valence-corrected chi connectivity index (χ3v) is 4.57. The number of morpholine rings is 1. The molecule has 0 aliphatic carbocycles. The highest BCUT2D eigenvalue weighted by Crippen LogP contribution is 2.34. The average Bonchev–Trinajstić information content (AvgIpc) is 2.43. The van der Waals surface area contributed by atoms with Gasteiger partial charge in [-0.1, -0.05) is 0 Å². The van der Waals surface area contributed by atoms with Gasteiger partial charge in [0, 0.05) is 25.0 Å². The molecule has 1 unspecified atom stereocenters. The van der Waals surface area contributed by atoms with Crippen molar-refractivity contribution in [2.24, 2.45) is 0 Å². The van der Waals surface area contributed by atoms with E-state index in [1.54, 1.807) is 0 Å². The lowest BCUT2D eigenvalue weighted by molar-refractivity contribution is -0.195. The number of amides is 2. The quantitative estimate of drug-likeness (QED) is 0.805. The van der Waals surface area contributed by atoms with Gasteiger partial charge in [-0.2, -0.15) is 0 Å². The molecule has 2 saturated heterocycles. The van der Waals surface area contributed by atoms with E-state index >= 15 is 0 Å². The Labute approximate surface area is 130 Å². The molecule has 0 aromatic carbocycles. The summed E-state index contributed by atoms with van der Waals surface area (Å²) in [6, 6.07) is 0.105. The van der Waals surface area contributed by atoms with Crippen LogP contribution in [0.1, 0.15) is 33.1 Å². The SMILES string of the molecule is CC(C)N1CC2(CCN(C(=O)O)CC2)OC(CCCl)C1=O. The lowest BCUT2D eigenvalue weighted by Crippen LogP contribution is -2.63. The molecule has 0 saturated carbocycles. The Balaban J connectivity index is 2.12. The van der Waals surface area contributed by atoms with Crippen molar-refractivity contribution in [1.29, 1.82) is 0 Å². The Hall–Kier alpha value is -1.01. The highest BCUT2D eigenvalue weighted by Gasteiger charge is 2.47. The van der Waals surface area contributed by atoms with Gasteiger partial charge in [-0.15, -0.1) is 11.6 Å². The molecule has 21 heavy (non-hydrogen) atoms. The summed E-state index contributed by atoms with van der Waals surface area (Å²) in [5, 5.41) is 9.05. The molecule has 2 fully saturated rings. The van der Waals surface area contributed by atoms with Crippen LogP contribution in [0.4, 0.5) is 4.79 Å². The number of halogens is 1. The summed E-state index contributed by atoms with van der Waals surface area (Å²) < 4.78 is 6.08. The fraction of sp³-hybridized carbons (Fsp3) is 0.857. The molecule has 2 aliphatic rings. The number of carbonyl (C=O) groups excluding carboxylic acids is 1. The van der Waals surface area contributed by atoms with Gasteiger partial charge >= 0.3 is 6.09 Å². The van der Waals surface area contributed by atoms with Crippen molar-refractivity contribution in [3.63, 3.8) is 0 Å². The lowest BCUT2D eigenvalue weighted by atomic mass is 9.87. The van der Waals surface area contributed by atoms with E-state index in [1.165, 1.54) is 4.90 Å². The number of hydrogen-bond acceptors (Lipinski definition) is 3. The first-order valence-corrected chi connectivity index (χ1v) is 7.94. The first kappa shape index (κ1) is 16.4. The Kier molecular flexibility index (Phi) is 4.99. The number of hydrogen-bond donors (Lipinski definition) is 1. The number of likely N-dealkylation sites (tertiary alicyclic amines) is 1. The molecule has 0 bridgehead atoms. The minimum absolute atomic E-state index is 0.00283. The van der Waals surface area contributed by atoms with E-state index in [4.69, 9.17) is 21.4 Å². The number of alkyl halides is 1. The predicted octanol–water partition coefficient (Wildman–Crippen LogP) is 1.76. The molecule has 1 spiro atoms. The molecule has 120 valence electrons. The van der Waals surface area contributed by atoms with Crippen LogP contribution in [0.5, 0.6) is 0 Å². The second-order valence-electron chi connectivity index (χ2n) is 6.10. The van der Waals surface area contributed by atoms with E-state index in [-0.39, 0.29) is 11.9 Å². The largest absolute Gasteiger partial charge is 0.465 e. The van der Waals surface area contributed by atoms with E-state index in [9.17, 15) is 9.59 Å². The van der Waals surface area contributed by atoms with Gasteiger partial charge in [0.15, 0.2) is 0 Å². The van der Waals surface area contributed by atoms with Gasteiger partial charge in [-0.3, -0.25) is 4.79 Å². The van der Waals surface area contributed by atoms with Gasteiger partial charge < -0.3 is 19.6 Å². The zero-order valence-corrected chi connectivity index (χ0v) is 13.3. The second kappa shape index (κ2) is 6.40. The maximum absolute atomic E-state index is 12.4. The van der Waals surface area contributed by atoms with E-state index in [1.807, 2.05) is 18.7 Å². The Morgan fingerprint density at radius 1 is 1.48 bits per heavy atom. The Bertz CT molecular complexity index is 408. The van der Waals surface area contributed by atoms with Crippen LogP contribution in [-0.4, -0.2) is 70.2 Å². The first-order valence-electron chi connectivity index (χ1n) is 7.41. The van der Waals surface area contributed by atoms with Crippen molar-refractivity contribution in [1.82, 2.24) is 9.80 Å². The van der Waals surface area contributed by atoms with Gasteiger partial charge in [0.2, 0.25) is 0 Å². The number of nitrogens with zero attached hydrogens (tertiary/aromatic N) is 2. The van der Waals surface area contributed by atoms with Crippen LogP contribution < -0.4 is 0 Å². The van der Waals surface area contributed by atoms with Gasteiger partial charge in [-0.25, -0.2) is 4.79 Å². The topological polar surface area (TPSA) is 70.1 Å². The highest BCUT2D eigenvalue weighted by molar-refractivity contribution is 6.18. The molecule has 2 heterocycles. The molecule has 0 aromatic rings. The summed E-state index contributed by atoms with van der Waals surface area (Å²) in [6.45, 7) is 5.41. The summed E-state index contributed by atoms with van der Waals surface area (Å²) >= 11 is 5.78. The molecule has 1 N–H and O–H groups in total. The molecule has 2 rings (SSSR count). The summed E-state index contributed by atoms with van der Waals surface area (Å²) in [5.41, 5.74) is -0.430. The minimum atomic E-state index is -0.894. The van der Waals surface area contributed by atoms with Crippen LogP contribution in [0.3, 0.4) is 0 Å². The highest BCUT2D eigenvalue weighted by atomic mass is 35.5. The van der Waals surface area contributed by atoms with Crippen LogP contribution in [0.25, 0.3) is 0 Å². The maximum Gasteiger partial charge on any atom is 0.407 e. The van der Waals surface area contributed by atoms with Crippen molar-refractivity contribution in [3.05, 3.63) is 0 Å². The number of rotatable bonds is 3. The van der Waals surface area contributed by atoms with E-state index in [0.29, 0.717) is 44.8 Å². The van der Waals surface area contributed by atoms with Crippen molar-refractivity contribution < 1.29 is 19.4 Å². The van der Waals surface area contributed by atoms with Crippen LogP contribution in [-0.2, 0) is 9.53 Å². The van der Waals surface area contributed by atoms with Crippen LogP contribution >= 0.6 is 11.6 Å². The molecular formula is C14H23ClN2O4. The van der Waals surface area contributed by atoms with E-state index in [2.05, 4.69) is 0 Å². The van der Waals surface area contributed by atoms with Gasteiger partial charge in [-0.05, 0) is 33.1 Å². The fourth-order valence-corrected chi connectivity index (χ4v) is 3.26. The molecule has 1 atom stereocenters. The molecule has 0 aromatic heterocycles. The van der Waals surface area contributed by atoms with Crippen molar-refractivity contribution in [3.8, 4) is 0 Å². The summed E-state index contributed by atoms with van der Waals surface area (Å²) in [5.74, 6) is 0.372. The maximum atomic E-state index is 12.4. The zero-order chi connectivity index (χ0) is 15.6. The van der Waals surface area contributed by atoms with Crippen LogP contribution in [0.2, 0.25) is 0 Å². The van der Waals surface area contributed by atoms with Crippen molar-refractivity contribution in [2.45, 2.75) is 50.9 Å². The number of carboxylic acid groups (broad SMARTS) is 1. The molecule has 7 heteroatoms. The second-order valence-corrected chi connectivity index (χ2v) is 6.47. The molecule has 2 amide bonds. The minimum Gasteiger partial charge on any atom is -0.465 e. The first-order chi connectivity index (χ1) is 9.88. The zero-order valence-electron chi connectivity index (χ0n) is 12.5. The molecule has 2 aliphatic heterocycles. The normalized spacial score (nSPS) is 25.7. The van der Waals surface area contributed by atoms with Crippen molar-refractivity contribution in [2.75, 3.05) is 25.5 Å². The van der Waals surface area contributed by atoms with Crippen LogP contribution in [0.15, 0.2) is 0 Å². The number of piperidine rings is 1. The lowest BCUT2D eigenvalue weighted by Gasteiger charge is -2.50. The van der Waals surface area contributed by atoms with Gasteiger partial charge in [0.05, 0.1) is 12.1 Å². The average molecular weight is 319 g/mol. The summed E-state index contributed by atoms with van der Waals surface area (Å²) in [4.78, 5) is 26.7. The third-order valence-electron chi connectivity index (χ3n) is 4.35. The molecule has 0 radical (unpaired) electrons. The predicted molar refractivity (Wildman–Crippen MR) is 78.6 cm³/mol. The fourth-order valence-electron chi connectivity index (χ4n) is 3.06. The van der Waals surface area contributed by atoms with Crippen molar-refractivity contribution >= 4 is 23.6 Å². The number of carbonyl (C=O) groups is 2. The Morgan fingerprint density at radius 2 is 2.10 bits per heavy atom. The third kappa shape index (κ3) is 3.43.